The summed E-state index contributed by atoms with van der Waals surface area (Å²) in [4.78, 5) is 2.24. The number of rotatable bonds is 4. The Kier molecular flexibility index (Phi) is 4.73. The fourth-order valence-corrected chi connectivity index (χ4v) is 5.09. The van der Waals surface area contributed by atoms with Gasteiger partial charge in [-0.3, -0.25) is 4.72 Å². The summed E-state index contributed by atoms with van der Waals surface area (Å²) >= 11 is 0. The zero-order chi connectivity index (χ0) is 18.2. The average Bonchev–Trinajstić information content (AvgIpc) is 2.99. The van der Waals surface area contributed by atoms with Gasteiger partial charge in [-0.2, -0.15) is 0 Å². The van der Waals surface area contributed by atoms with Gasteiger partial charge in [0.05, 0.1) is 16.3 Å². The molecule has 1 heterocycles. The first kappa shape index (κ1) is 17.7. The molecule has 25 heavy (non-hydrogen) atoms. The van der Waals surface area contributed by atoms with Crippen LogP contribution in [0.15, 0.2) is 35.2 Å². The van der Waals surface area contributed by atoms with Crippen LogP contribution in [0.1, 0.15) is 29.5 Å². The van der Waals surface area contributed by atoms with Crippen LogP contribution in [0.25, 0.3) is 0 Å². The van der Waals surface area contributed by atoms with E-state index in [9.17, 15) is 12.8 Å². The van der Waals surface area contributed by atoms with Gasteiger partial charge in [0.1, 0.15) is 5.82 Å². The van der Waals surface area contributed by atoms with Crippen LogP contribution >= 0.6 is 0 Å². The SMILES string of the molecule is Cc1cc(C)c(S(=O)(=O)Nc2ccc(N3CCCC3)c(F)c2)c(C)c1. The minimum absolute atomic E-state index is 0.236. The molecule has 0 saturated carbocycles. The van der Waals surface area contributed by atoms with Crippen molar-refractivity contribution in [3.63, 3.8) is 0 Å². The molecule has 6 heteroatoms. The molecule has 0 bridgehead atoms. The molecule has 0 aliphatic carbocycles. The molecule has 0 spiro atoms. The first-order valence-corrected chi connectivity index (χ1v) is 9.91. The normalized spacial score (nSPS) is 14.8. The summed E-state index contributed by atoms with van der Waals surface area (Å²) in [5, 5.41) is 0. The van der Waals surface area contributed by atoms with Gasteiger partial charge < -0.3 is 4.90 Å². The lowest BCUT2D eigenvalue weighted by molar-refractivity contribution is 0.600. The Bertz CT molecular complexity index is 881. The molecule has 134 valence electrons. The molecule has 0 amide bonds. The van der Waals surface area contributed by atoms with E-state index in [1.54, 1.807) is 26.0 Å². The van der Waals surface area contributed by atoms with Gasteiger partial charge in [-0.05, 0) is 56.9 Å². The second-order valence-electron chi connectivity index (χ2n) is 6.69. The Labute approximate surface area is 148 Å². The molecule has 0 unspecified atom stereocenters. The summed E-state index contributed by atoms with van der Waals surface area (Å²) < 4.78 is 42.4. The molecule has 1 aliphatic heterocycles. The number of nitrogens with one attached hydrogen (secondary N) is 1. The second-order valence-corrected chi connectivity index (χ2v) is 8.31. The highest BCUT2D eigenvalue weighted by Gasteiger charge is 2.21. The predicted octanol–water partition coefficient (Wildman–Crippen LogP) is 4.15. The summed E-state index contributed by atoms with van der Waals surface area (Å²) in [6.07, 6.45) is 2.11. The lowest BCUT2D eigenvalue weighted by atomic mass is 10.1. The molecule has 4 nitrogen and oxygen atoms in total. The van der Waals surface area contributed by atoms with Crippen molar-refractivity contribution >= 4 is 21.4 Å². The molecular formula is C19H23FN2O2S. The number of sulfonamides is 1. The van der Waals surface area contributed by atoms with Gasteiger partial charge in [0.25, 0.3) is 10.0 Å². The van der Waals surface area contributed by atoms with Crippen molar-refractivity contribution in [3.8, 4) is 0 Å². The largest absolute Gasteiger partial charge is 0.369 e. The molecule has 0 atom stereocenters. The standard InChI is InChI=1S/C19H23FN2O2S/c1-13-10-14(2)19(15(3)11-13)25(23,24)21-16-6-7-18(17(20)12-16)22-8-4-5-9-22/h6-7,10-12,21H,4-5,8-9H2,1-3H3. The summed E-state index contributed by atoms with van der Waals surface area (Å²) in [5.74, 6) is -0.403. The van der Waals surface area contributed by atoms with Crippen LogP contribution in [0.4, 0.5) is 15.8 Å². The Balaban J connectivity index is 1.90. The zero-order valence-corrected chi connectivity index (χ0v) is 15.6. The molecule has 2 aromatic rings. The van der Waals surface area contributed by atoms with Crippen molar-refractivity contribution in [2.45, 2.75) is 38.5 Å². The van der Waals surface area contributed by atoms with Gasteiger partial charge in [-0.25, -0.2) is 12.8 Å². The van der Waals surface area contributed by atoms with Crippen molar-refractivity contribution < 1.29 is 12.8 Å². The van der Waals surface area contributed by atoms with E-state index in [0.717, 1.165) is 31.5 Å². The highest BCUT2D eigenvalue weighted by Crippen LogP contribution is 2.28. The number of halogens is 1. The third-order valence-electron chi connectivity index (χ3n) is 4.52. The molecule has 1 fully saturated rings. The van der Waals surface area contributed by atoms with Gasteiger partial charge in [-0.15, -0.1) is 0 Å². The smallest absolute Gasteiger partial charge is 0.262 e. The molecule has 1 aliphatic rings. The Morgan fingerprint density at radius 2 is 1.60 bits per heavy atom. The van der Waals surface area contributed by atoms with E-state index in [0.29, 0.717) is 16.8 Å². The number of benzene rings is 2. The fourth-order valence-electron chi connectivity index (χ4n) is 3.58. The number of hydrogen-bond donors (Lipinski definition) is 1. The van der Waals surface area contributed by atoms with E-state index in [1.165, 1.54) is 6.07 Å². The van der Waals surface area contributed by atoms with Crippen LogP contribution in [0, 0.1) is 26.6 Å². The highest BCUT2D eigenvalue weighted by molar-refractivity contribution is 7.92. The fraction of sp³-hybridized carbons (Fsp3) is 0.368. The van der Waals surface area contributed by atoms with Gasteiger partial charge in [0.15, 0.2) is 0 Å². The minimum Gasteiger partial charge on any atom is -0.369 e. The van der Waals surface area contributed by atoms with Crippen molar-refractivity contribution in [3.05, 3.63) is 52.8 Å². The molecule has 3 rings (SSSR count). The molecule has 2 aromatic carbocycles. The van der Waals surface area contributed by atoms with Crippen LogP contribution in [0.3, 0.4) is 0 Å². The van der Waals surface area contributed by atoms with Gasteiger partial charge in [-0.1, -0.05) is 17.7 Å². The first-order valence-electron chi connectivity index (χ1n) is 8.43. The van der Waals surface area contributed by atoms with E-state index < -0.39 is 15.8 Å². The van der Waals surface area contributed by atoms with Crippen LogP contribution in [-0.4, -0.2) is 21.5 Å². The zero-order valence-electron chi connectivity index (χ0n) is 14.8. The third kappa shape index (κ3) is 3.63. The van der Waals surface area contributed by atoms with Crippen molar-refractivity contribution in [2.24, 2.45) is 0 Å². The maximum absolute atomic E-state index is 14.4. The van der Waals surface area contributed by atoms with Crippen LogP contribution in [0.5, 0.6) is 0 Å². The van der Waals surface area contributed by atoms with E-state index in [-0.39, 0.29) is 10.6 Å². The van der Waals surface area contributed by atoms with Crippen LogP contribution in [0.2, 0.25) is 0 Å². The maximum atomic E-state index is 14.4. The Hall–Kier alpha value is -2.08. The molecule has 0 radical (unpaired) electrons. The molecular weight excluding hydrogens is 339 g/mol. The Morgan fingerprint density at radius 1 is 1.00 bits per heavy atom. The van der Waals surface area contributed by atoms with Crippen molar-refractivity contribution in [1.29, 1.82) is 0 Å². The van der Waals surface area contributed by atoms with E-state index in [4.69, 9.17) is 0 Å². The van der Waals surface area contributed by atoms with Gasteiger partial charge >= 0.3 is 0 Å². The number of anilines is 2. The summed E-state index contributed by atoms with van der Waals surface area (Å²) in [6.45, 7) is 7.14. The number of nitrogens with zero attached hydrogens (tertiary/aromatic N) is 1. The van der Waals surface area contributed by atoms with Crippen LogP contribution in [-0.2, 0) is 10.0 Å². The molecule has 1 saturated heterocycles. The minimum atomic E-state index is -3.77. The van der Waals surface area contributed by atoms with E-state index in [2.05, 4.69) is 4.72 Å². The summed E-state index contributed by atoms with van der Waals surface area (Å²) in [7, 11) is -3.77. The number of hydrogen-bond acceptors (Lipinski definition) is 3. The van der Waals surface area contributed by atoms with E-state index >= 15 is 0 Å². The van der Waals surface area contributed by atoms with Crippen molar-refractivity contribution in [1.82, 2.24) is 0 Å². The quantitative estimate of drug-likeness (QED) is 0.889. The molecule has 1 N–H and O–H groups in total. The van der Waals surface area contributed by atoms with Crippen molar-refractivity contribution in [2.75, 3.05) is 22.7 Å². The van der Waals surface area contributed by atoms with E-state index in [1.807, 2.05) is 24.0 Å². The maximum Gasteiger partial charge on any atom is 0.262 e. The first-order chi connectivity index (χ1) is 11.8. The topological polar surface area (TPSA) is 49.4 Å². The predicted molar refractivity (Wildman–Crippen MR) is 99.3 cm³/mol. The van der Waals surface area contributed by atoms with Gasteiger partial charge in [0.2, 0.25) is 0 Å². The molecule has 0 aromatic heterocycles. The highest BCUT2D eigenvalue weighted by atomic mass is 32.2. The van der Waals surface area contributed by atoms with Crippen LogP contribution < -0.4 is 9.62 Å². The summed E-state index contributed by atoms with van der Waals surface area (Å²) in [6, 6.07) is 8.18. The Morgan fingerprint density at radius 3 is 2.16 bits per heavy atom. The summed E-state index contributed by atoms with van der Waals surface area (Å²) in [5.41, 5.74) is 3.14. The monoisotopic (exact) mass is 362 g/mol. The second kappa shape index (κ2) is 6.67. The van der Waals surface area contributed by atoms with Gasteiger partial charge in [0, 0.05) is 19.2 Å². The lowest BCUT2D eigenvalue weighted by Crippen LogP contribution is -2.19. The lowest BCUT2D eigenvalue weighted by Gasteiger charge is -2.19. The third-order valence-corrected chi connectivity index (χ3v) is 6.21. The number of aryl methyl sites for hydroxylation is 3. The average molecular weight is 362 g/mol.